The summed E-state index contributed by atoms with van der Waals surface area (Å²) in [6, 6.07) is 16.1. The van der Waals surface area contributed by atoms with Gasteiger partial charge in [0.15, 0.2) is 6.54 Å². The number of carbonyl (C=O) groups is 1. The van der Waals surface area contributed by atoms with Gasteiger partial charge in [0.1, 0.15) is 0 Å². The highest BCUT2D eigenvalue weighted by Gasteiger charge is 2.27. The smallest absolute Gasteiger partial charge is 0.275 e. The number of aromatic nitrogens is 2. The van der Waals surface area contributed by atoms with Gasteiger partial charge in [-0.3, -0.25) is 4.79 Å². The van der Waals surface area contributed by atoms with Gasteiger partial charge in [0.2, 0.25) is 5.95 Å². The number of halogens is 1. The molecule has 2 aliphatic rings. The van der Waals surface area contributed by atoms with E-state index in [-0.39, 0.29) is 11.9 Å². The Morgan fingerprint density at radius 2 is 1.88 bits per heavy atom. The predicted molar refractivity (Wildman–Crippen MR) is 126 cm³/mol. The molecule has 1 atom stereocenters. The van der Waals surface area contributed by atoms with Crippen LogP contribution in [0.4, 0.5) is 5.95 Å². The van der Waals surface area contributed by atoms with Crippen molar-refractivity contribution in [1.29, 1.82) is 0 Å². The maximum atomic E-state index is 13.0. The molecule has 0 spiro atoms. The van der Waals surface area contributed by atoms with Crippen molar-refractivity contribution in [1.82, 2.24) is 15.3 Å². The van der Waals surface area contributed by atoms with E-state index in [2.05, 4.69) is 50.5 Å². The molecule has 1 aromatic heterocycles. The lowest BCUT2D eigenvalue weighted by Crippen LogP contribution is -3.16. The quantitative estimate of drug-likeness (QED) is 0.618. The van der Waals surface area contributed by atoms with E-state index in [1.165, 1.54) is 15.4 Å². The van der Waals surface area contributed by atoms with Crippen molar-refractivity contribution in [3.8, 4) is 0 Å². The molecule has 0 bridgehead atoms. The zero-order valence-corrected chi connectivity index (χ0v) is 19.2. The molecule has 6 nitrogen and oxygen atoms in total. The average molecular weight is 467 g/mol. The minimum absolute atomic E-state index is 0.0738. The number of rotatable bonds is 4. The fourth-order valence-corrected chi connectivity index (χ4v) is 5.66. The number of amides is 1. The lowest BCUT2D eigenvalue weighted by molar-refractivity contribution is -0.892. The van der Waals surface area contributed by atoms with Crippen molar-refractivity contribution in [3.63, 3.8) is 0 Å². The molecule has 2 N–H and O–H groups in total. The fourth-order valence-electron chi connectivity index (χ4n) is 4.36. The van der Waals surface area contributed by atoms with Crippen LogP contribution in [0.1, 0.15) is 17.2 Å². The van der Waals surface area contributed by atoms with Gasteiger partial charge in [0.25, 0.3) is 5.91 Å². The summed E-state index contributed by atoms with van der Waals surface area (Å²) >= 11 is 8.07. The van der Waals surface area contributed by atoms with Gasteiger partial charge in [-0.05, 0) is 47.9 Å². The van der Waals surface area contributed by atoms with Crippen LogP contribution >= 0.6 is 23.4 Å². The Morgan fingerprint density at radius 1 is 1.09 bits per heavy atom. The minimum Gasteiger partial charge on any atom is -0.344 e. The Bertz CT molecular complexity index is 1100. The van der Waals surface area contributed by atoms with E-state index < -0.39 is 0 Å². The highest BCUT2D eigenvalue weighted by Crippen LogP contribution is 2.41. The SMILES string of the molecule is O=C(C[NH+]1CCN(c2ncccn2)CC1)N[C@H]1Cc2ccccc2Sc2ccc(Cl)cc21. The topological polar surface area (TPSA) is 62.6 Å². The lowest BCUT2D eigenvalue weighted by atomic mass is 9.99. The van der Waals surface area contributed by atoms with Crippen LogP contribution in [0.5, 0.6) is 0 Å². The Kier molecular flexibility index (Phi) is 6.30. The molecule has 5 rings (SSSR count). The highest BCUT2D eigenvalue weighted by atomic mass is 35.5. The number of nitrogens with zero attached hydrogens (tertiary/aromatic N) is 3. The lowest BCUT2D eigenvalue weighted by Gasteiger charge is -2.32. The van der Waals surface area contributed by atoms with Gasteiger partial charge in [0, 0.05) is 27.2 Å². The van der Waals surface area contributed by atoms with Crippen molar-refractivity contribution >= 4 is 35.2 Å². The average Bonchev–Trinajstić information content (AvgIpc) is 2.96. The molecule has 8 heteroatoms. The molecule has 1 amide bonds. The molecule has 2 aromatic carbocycles. The first-order valence-corrected chi connectivity index (χ1v) is 12.1. The molecule has 164 valence electrons. The number of anilines is 1. The minimum atomic E-state index is -0.0919. The third-order valence-electron chi connectivity index (χ3n) is 6.02. The number of carbonyl (C=O) groups excluding carboxylic acids is 1. The number of nitrogens with one attached hydrogen (secondary N) is 2. The zero-order valence-electron chi connectivity index (χ0n) is 17.6. The largest absolute Gasteiger partial charge is 0.344 e. The first-order chi connectivity index (χ1) is 15.7. The molecule has 3 heterocycles. The summed E-state index contributed by atoms with van der Waals surface area (Å²) in [5.41, 5.74) is 2.34. The van der Waals surface area contributed by atoms with E-state index in [1.807, 2.05) is 18.2 Å². The number of piperazine rings is 1. The standard InChI is InChI=1S/C24H24ClN5OS/c25-18-6-7-22-19(15-18)20(14-17-4-1-2-5-21(17)32-22)28-23(31)16-29-10-12-30(13-11-29)24-26-8-3-9-27-24/h1-9,15,20H,10-14,16H2,(H,28,31)/p+1/t20-/m0/s1. The maximum absolute atomic E-state index is 13.0. The molecule has 0 aliphatic carbocycles. The number of hydrogen-bond donors (Lipinski definition) is 2. The summed E-state index contributed by atoms with van der Waals surface area (Å²) in [7, 11) is 0. The molecule has 2 aliphatic heterocycles. The van der Waals surface area contributed by atoms with E-state index in [0.29, 0.717) is 11.6 Å². The Morgan fingerprint density at radius 3 is 2.69 bits per heavy atom. The van der Waals surface area contributed by atoms with E-state index in [1.54, 1.807) is 24.2 Å². The van der Waals surface area contributed by atoms with Gasteiger partial charge in [-0.1, -0.05) is 41.6 Å². The molecular weight excluding hydrogens is 442 g/mol. The molecular formula is C24H25ClN5OS+. The van der Waals surface area contributed by atoms with E-state index in [0.717, 1.165) is 49.0 Å². The number of hydrogen-bond acceptors (Lipinski definition) is 5. The third-order valence-corrected chi connectivity index (χ3v) is 7.46. The second-order valence-corrected chi connectivity index (χ2v) is 9.70. The van der Waals surface area contributed by atoms with Crippen LogP contribution in [-0.2, 0) is 11.2 Å². The Labute approximate surface area is 197 Å². The first kappa shape index (κ1) is 21.2. The summed E-state index contributed by atoms with van der Waals surface area (Å²) in [5.74, 6) is 0.837. The third kappa shape index (κ3) is 4.75. The van der Waals surface area contributed by atoms with Crippen LogP contribution in [0.3, 0.4) is 0 Å². The first-order valence-electron chi connectivity index (χ1n) is 10.9. The van der Waals surface area contributed by atoms with Crippen LogP contribution < -0.4 is 15.1 Å². The van der Waals surface area contributed by atoms with Gasteiger partial charge < -0.3 is 15.1 Å². The Hall–Kier alpha value is -2.61. The van der Waals surface area contributed by atoms with Gasteiger partial charge in [-0.2, -0.15) is 0 Å². The van der Waals surface area contributed by atoms with E-state index in [9.17, 15) is 4.79 Å². The van der Waals surface area contributed by atoms with Crippen molar-refractivity contribution in [2.24, 2.45) is 0 Å². The van der Waals surface area contributed by atoms with Crippen molar-refractivity contribution in [3.05, 3.63) is 77.1 Å². The van der Waals surface area contributed by atoms with E-state index in [4.69, 9.17) is 11.6 Å². The molecule has 0 unspecified atom stereocenters. The predicted octanol–water partition coefficient (Wildman–Crippen LogP) is 2.40. The summed E-state index contributed by atoms with van der Waals surface area (Å²) in [6.07, 6.45) is 4.29. The van der Waals surface area contributed by atoms with Crippen molar-refractivity contribution in [2.45, 2.75) is 22.3 Å². The van der Waals surface area contributed by atoms with Gasteiger partial charge in [-0.25, -0.2) is 9.97 Å². The highest BCUT2D eigenvalue weighted by molar-refractivity contribution is 7.99. The summed E-state index contributed by atoms with van der Waals surface area (Å²) < 4.78 is 0. The normalized spacial score (nSPS) is 18.4. The Balaban J connectivity index is 1.25. The van der Waals surface area contributed by atoms with Crippen molar-refractivity contribution < 1.29 is 9.69 Å². The monoisotopic (exact) mass is 466 g/mol. The van der Waals surface area contributed by atoms with Crippen LogP contribution in [0, 0.1) is 0 Å². The second kappa shape index (κ2) is 9.48. The summed E-state index contributed by atoms with van der Waals surface area (Å²) in [5, 5.41) is 4.00. The number of quaternary nitrogens is 1. The number of benzene rings is 2. The molecule has 1 saturated heterocycles. The van der Waals surface area contributed by atoms with Crippen molar-refractivity contribution in [2.75, 3.05) is 37.6 Å². The molecule has 1 fully saturated rings. The molecule has 32 heavy (non-hydrogen) atoms. The van der Waals surface area contributed by atoms with Gasteiger partial charge in [-0.15, -0.1) is 0 Å². The van der Waals surface area contributed by atoms with Gasteiger partial charge in [0.05, 0.1) is 32.2 Å². The maximum Gasteiger partial charge on any atom is 0.275 e. The summed E-state index contributed by atoms with van der Waals surface area (Å²) in [6.45, 7) is 3.93. The van der Waals surface area contributed by atoms with Crippen LogP contribution in [-0.4, -0.2) is 48.6 Å². The van der Waals surface area contributed by atoms with E-state index >= 15 is 0 Å². The van der Waals surface area contributed by atoms with Gasteiger partial charge >= 0.3 is 0 Å². The zero-order chi connectivity index (χ0) is 21.9. The molecule has 3 aromatic rings. The van der Waals surface area contributed by atoms with Crippen LogP contribution in [0.25, 0.3) is 0 Å². The number of fused-ring (bicyclic) bond motifs is 2. The van der Waals surface area contributed by atoms with Crippen LogP contribution in [0.15, 0.2) is 70.7 Å². The fraction of sp³-hybridized carbons (Fsp3) is 0.292. The second-order valence-electron chi connectivity index (χ2n) is 8.18. The van der Waals surface area contributed by atoms with Crippen LogP contribution in [0.2, 0.25) is 5.02 Å². The molecule has 0 radical (unpaired) electrons. The summed E-state index contributed by atoms with van der Waals surface area (Å²) in [4.78, 5) is 27.6. The molecule has 0 saturated carbocycles.